The van der Waals surface area contributed by atoms with Crippen LogP contribution in [0, 0.1) is 0 Å². The maximum absolute atomic E-state index is 8.67. The van der Waals surface area contributed by atoms with Crippen molar-refractivity contribution in [3.8, 4) is 0 Å². The van der Waals surface area contributed by atoms with Crippen LogP contribution in [-0.2, 0) is 0 Å². The van der Waals surface area contributed by atoms with E-state index in [0.717, 1.165) is 32.1 Å². The standard InChI is InChI=1S/C9H18BClO2/c1-2-3-4-5-6-7-8-9(11)10(12)13/h2,9,12-13H,1,3-8H2. The molecule has 0 saturated heterocycles. The molecule has 0 aromatic carbocycles. The van der Waals surface area contributed by atoms with Crippen molar-refractivity contribution in [3.05, 3.63) is 12.7 Å². The molecule has 0 aliphatic carbocycles. The Morgan fingerprint density at radius 1 is 1.23 bits per heavy atom. The lowest BCUT2D eigenvalue weighted by Gasteiger charge is -2.06. The Morgan fingerprint density at radius 3 is 2.38 bits per heavy atom. The first-order chi connectivity index (χ1) is 6.18. The lowest BCUT2D eigenvalue weighted by molar-refractivity contribution is 0.396. The monoisotopic (exact) mass is 204 g/mol. The summed E-state index contributed by atoms with van der Waals surface area (Å²) in [7, 11) is -1.38. The molecule has 0 aliphatic heterocycles. The molecule has 4 heteroatoms. The summed E-state index contributed by atoms with van der Waals surface area (Å²) in [5, 5.41) is 16.8. The highest BCUT2D eigenvalue weighted by molar-refractivity contribution is 6.57. The van der Waals surface area contributed by atoms with Crippen molar-refractivity contribution in [1.82, 2.24) is 0 Å². The zero-order valence-corrected chi connectivity index (χ0v) is 8.71. The molecule has 1 unspecified atom stereocenters. The van der Waals surface area contributed by atoms with Gasteiger partial charge in [-0.15, -0.1) is 18.2 Å². The van der Waals surface area contributed by atoms with Gasteiger partial charge in [0.15, 0.2) is 0 Å². The minimum Gasteiger partial charge on any atom is -0.426 e. The topological polar surface area (TPSA) is 40.5 Å². The zero-order valence-electron chi connectivity index (χ0n) is 7.95. The molecule has 0 saturated carbocycles. The van der Waals surface area contributed by atoms with Crippen LogP contribution in [0.2, 0.25) is 0 Å². The largest absolute Gasteiger partial charge is 0.470 e. The number of allylic oxidation sites excluding steroid dienone is 1. The van der Waals surface area contributed by atoms with Crippen molar-refractivity contribution in [2.75, 3.05) is 0 Å². The molecule has 0 aliphatic rings. The van der Waals surface area contributed by atoms with E-state index in [1.54, 1.807) is 0 Å². The van der Waals surface area contributed by atoms with Gasteiger partial charge in [-0.05, 0) is 19.3 Å². The van der Waals surface area contributed by atoms with Gasteiger partial charge in [-0.25, -0.2) is 0 Å². The molecule has 0 heterocycles. The second-order valence-electron chi connectivity index (χ2n) is 3.21. The predicted molar refractivity (Wildman–Crippen MR) is 57.7 cm³/mol. The Kier molecular flexibility index (Phi) is 8.62. The van der Waals surface area contributed by atoms with Gasteiger partial charge < -0.3 is 10.0 Å². The second kappa shape index (κ2) is 8.61. The summed E-state index contributed by atoms with van der Waals surface area (Å²) >= 11 is 5.64. The van der Waals surface area contributed by atoms with E-state index in [2.05, 4.69) is 6.58 Å². The number of hydrogen-bond donors (Lipinski definition) is 2. The van der Waals surface area contributed by atoms with Crippen LogP contribution in [0.15, 0.2) is 12.7 Å². The van der Waals surface area contributed by atoms with Crippen LogP contribution in [-0.4, -0.2) is 22.4 Å². The molecule has 0 spiro atoms. The maximum atomic E-state index is 8.67. The van der Waals surface area contributed by atoms with Crippen molar-refractivity contribution in [2.45, 2.75) is 43.8 Å². The summed E-state index contributed by atoms with van der Waals surface area (Å²) in [6, 6.07) is 0. The Hall–Kier alpha value is 0.0149. The highest BCUT2D eigenvalue weighted by Gasteiger charge is 2.19. The fraction of sp³-hybridized carbons (Fsp3) is 0.778. The summed E-state index contributed by atoms with van der Waals surface area (Å²) in [5.74, 6) is 0. The first-order valence-electron chi connectivity index (χ1n) is 4.79. The van der Waals surface area contributed by atoms with Gasteiger partial charge in [0, 0.05) is 0 Å². The van der Waals surface area contributed by atoms with E-state index in [1.807, 2.05) is 6.08 Å². The molecule has 2 nitrogen and oxygen atoms in total. The van der Waals surface area contributed by atoms with Crippen LogP contribution in [0.3, 0.4) is 0 Å². The van der Waals surface area contributed by atoms with E-state index in [9.17, 15) is 0 Å². The van der Waals surface area contributed by atoms with E-state index in [1.165, 1.54) is 0 Å². The third-order valence-electron chi connectivity index (χ3n) is 1.96. The van der Waals surface area contributed by atoms with E-state index >= 15 is 0 Å². The van der Waals surface area contributed by atoms with Crippen molar-refractivity contribution < 1.29 is 10.0 Å². The van der Waals surface area contributed by atoms with Crippen LogP contribution in [0.4, 0.5) is 0 Å². The summed E-state index contributed by atoms with van der Waals surface area (Å²) in [6.45, 7) is 3.64. The minimum atomic E-state index is -1.38. The number of unbranched alkanes of at least 4 members (excludes halogenated alkanes) is 4. The predicted octanol–water partition coefficient (Wildman–Crippen LogP) is 2.13. The zero-order chi connectivity index (χ0) is 10.1. The fourth-order valence-electron chi connectivity index (χ4n) is 1.13. The smallest absolute Gasteiger partial charge is 0.426 e. The molecule has 2 N–H and O–H groups in total. The molecule has 0 amide bonds. The number of alkyl halides is 1. The van der Waals surface area contributed by atoms with Gasteiger partial charge in [0.1, 0.15) is 0 Å². The lowest BCUT2D eigenvalue weighted by atomic mass is 9.82. The highest BCUT2D eigenvalue weighted by Crippen LogP contribution is 2.11. The first-order valence-corrected chi connectivity index (χ1v) is 5.23. The molecule has 76 valence electrons. The Bertz CT molecular complexity index is 131. The molecule has 0 aromatic rings. The normalized spacial score (nSPS) is 12.5. The summed E-state index contributed by atoms with van der Waals surface area (Å²) < 4.78 is 0. The number of halogens is 1. The number of rotatable bonds is 8. The van der Waals surface area contributed by atoms with Crippen LogP contribution in [0.25, 0.3) is 0 Å². The third-order valence-corrected chi connectivity index (χ3v) is 2.41. The van der Waals surface area contributed by atoms with Gasteiger partial charge in [0.05, 0.1) is 5.28 Å². The average molecular weight is 205 g/mol. The summed E-state index contributed by atoms with van der Waals surface area (Å²) in [4.78, 5) is 0. The van der Waals surface area contributed by atoms with Crippen molar-refractivity contribution in [2.24, 2.45) is 0 Å². The minimum absolute atomic E-state index is 0.514. The Labute approximate surface area is 85.8 Å². The van der Waals surface area contributed by atoms with Gasteiger partial charge in [-0.1, -0.05) is 25.3 Å². The first kappa shape index (κ1) is 13.0. The summed E-state index contributed by atoms with van der Waals surface area (Å²) in [6.07, 6.45) is 8.05. The van der Waals surface area contributed by atoms with E-state index in [0.29, 0.717) is 6.42 Å². The molecule has 0 rings (SSSR count). The second-order valence-corrected chi connectivity index (χ2v) is 3.77. The van der Waals surface area contributed by atoms with Crippen LogP contribution < -0.4 is 0 Å². The molecular weight excluding hydrogens is 186 g/mol. The lowest BCUT2D eigenvalue weighted by Crippen LogP contribution is -2.25. The third kappa shape index (κ3) is 8.35. The van der Waals surface area contributed by atoms with Crippen molar-refractivity contribution in [1.29, 1.82) is 0 Å². The molecule has 0 radical (unpaired) electrons. The van der Waals surface area contributed by atoms with Gasteiger partial charge in [-0.3, -0.25) is 0 Å². The molecule has 0 fully saturated rings. The maximum Gasteiger partial charge on any atom is 0.470 e. The highest BCUT2D eigenvalue weighted by atomic mass is 35.5. The molecular formula is C9H18BClO2. The quantitative estimate of drug-likeness (QED) is 0.275. The van der Waals surface area contributed by atoms with E-state index < -0.39 is 12.4 Å². The number of hydrogen-bond acceptors (Lipinski definition) is 2. The summed E-state index contributed by atoms with van der Waals surface area (Å²) in [5.41, 5.74) is 0. The Balaban J connectivity index is 3.11. The Morgan fingerprint density at radius 2 is 1.85 bits per heavy atom. The van der Waals surface area contributed by atoms with Crippen LogP contribution >= 0.6 is 11.6 Å². The van der Waals surface area contributed by atoms with Crippen molar-refractivity contribution >= 4 is 18.7 Å². The fourth-order valence-corrected chi connectivity index (χ4v) is 1.28. The molecule has 0 aromatic heterocycles. The SMILES string of the molecule is C=CCCCCCCC(Cl)B(O)O. The van der Waals surface area contributed by atoms with Crippen LogP contribution in [0.1, 0.15) is 38.5 Å². The van der Waals surface area contributed by atoms with E-state index in [-0.39, 0.29) is 0 Å². The van der Waals surface area contributed by atoms with Gasteiger partial charge in [-0.2, -0.15) is 0 Å². The van der Waals surface area contributed by atoms with Crippen LogP contribution in [0.5, 0.6) is 0 Å². The molecule has 13 heavy (non-hydrogen) atoms. The van der Waals surface area contributed by atoms with Crippen molar-refractivity contribution in [3.63, 3.8) is 0 Å². The average Bonchev–Trinajstić information content (AvgIpc) is 2.10. The van der Waals surface area contributed by atoms with Gasteiger partial charge in [0.2, 0.25) is 0 Å². The molecule has 0 bridgehead atoms. The van der Waals surface area contributed by atoms with E-state index in [4.69, 9.17) is 21.6 Å². The molecule has 1 atom stereocenters. The van der Waals surface area contributed by atoms with Gasteiger partial charge >= 0.3 is 7.12 Å². The van der Waals surface area contributed by atoms with Gasteiger partial charge in [0.25, 0.3) is 0 Å².